The average Bonchev–Trinajstić information content (AvgIpc) is 2.61. The number of hydrogen-bond donors (Lipinski definition) is 0. The summed E-state index contributed by atoms with van der Waals surface area (Å²) in [5, 5.41) is 0.376. The van der Waals surface area contributed by atoms with E-state index in [4.69, 9.17) is 30.5 Å². The Morgan fingerprint density at radius 1 is 0.960 bits per heavy atom. The third kappa shape index (κ3) is 3.22. The van der Waals surface area contributed by atoms with Gasteiger partial charge in [0.1, 0.15) is 0 Å². The Kier molecular flexibility index (Phi) is 5.74. The van der Waals surface area contributed by atoms with Crippen LogP contribution in [0.5, 0.6) is 23.1 Å². The number of hydrogen-bond acceptors (Lipinski definition) is 6. The van der Waals surface area contributed by atoms with Gasteiger partial charge < -0.3 is 18.9 Å². The van der Waals surface area contributed by atoms with Crippen LogP contribution in [0.15, 0.2) is 12.3 Å². The second-order valence-electron chi connectivity index (χ2n) is 5.28. The highest BCUT2D eigenvalue weighted by molar-refractivity contribution is 6.32. The SMILES string of the molecule is COc1cc(C)c(C(=O)c2c(OC)ncc(Cl)c2C)c(OC)c1OC. The van der Waals surface area contributed by atoms with Crippen molar-refractivity contribution in [2.45, 2.75) is 13.8 Å². The fourth-order valence-electron chi connectivity index (χ4n) is 2.66. The van der Waals surface area contributed by atoms with Crippen LogP contribution < -0.4 is 18.9 Å². The van der Waals surface area contributed by atoms with E-state index in [2.05, 4.69) is 4.98 Å². The van der Waals surface area contributed by atoms with Gasteiger partial charge in [0.25, 0.3) is 0 Å². The molecular formula is C18H20ClNO5. The summed E-state index contributed by atoms with van der Waals surface area (Å²) in [5.41, 5.74) is 1.87. The highest BCUT2D eigenvalue weighted by Gasteiger charge is 2.28. The van der Waals surface area contributed by atoms with Crippen molar-refractivity contribution < 1.29 is 23.7 Å². The van der Waals surface area contributed by atoms with Crippen LogP contribution in [0, 0.1) is 13.8 Å². The molecule has 0 bridgehead atoms. The summed E-state index contributed by atoms with van der Waals surface area (Å²) in [7, 11) is 5.92. The fourth-order valence-corrected chi connectivity index (χ4v) is 2.81. The van der Waals surface area contributed by atoms with E-state index in [1.807, 2.05) is 0 Å². The third-order valence-electron chi connectivity index (χ3n) is 3.92. The monoisotopic (exact) mass is 365 g/mol. The molecule has 1 heterocycles. The Bertz CT molecular complexity index is 820. The molecular weight excluding hydrogens is 346 g/mol. The quantitative estimate of drug-likeness (QED) is 0.728. The van der Waals surface area contributed by atoms with E-state index in [-0.39, 0.29) is 23.0 Å². The van der Waals surface area contributed by atoms with Crippen LogP contribution >= 0.6 is 11.6 Å². The molecule has 0 N–H and O–H groups in total. The highest BCUT2D eigenvalue weighted by atomic mass is 35.5. The molecule has 0 aliphatic rings. The third-order valence-corrected chi connectivity index (χ3v) is 4.30. The first-order valence-electron chi connectivity index (χ1n) is 7.44. The van der Waals surface area contributed by atoms with E-state index < -0.39 is 0 Å². The molecule has 0 atom stereocenters. The summed E-state index contributed by atoms with van der Waals surface area (Å²) >= 11 is 6.15. The van der Waals surface area contributed by atoms with Gasteiger partial charge in [-0.15, -0.1) is 0 Å². The first kappa shape index (κ1) is 18.9. The molecule has 0 fully saturated rings. The number of rotatable bonds is 6. The topological polar surface area (TPSA) is 66.9 Å². The predicted octanol–water partition coefficient (Wildman–Crippen LogP) is 3.62. The summed E-state index contributed by atoms with van der Waals surface area (Å²) in [6, 6.07) is 1.72. The predicted molar refractivity (Wildman–Crippen MR) is 94.8 cm³/mol. The van der Waals surface area contributed by atoms with Gasteiger partial charge in [0, 0.05) is 6.20 Å². The van der Waals surface area contributed by atoms with Gasteiger partial charge in [0.15, 0.2) is 11.5 Å². The molecule has 6 nitrogen and oxygen atoms in total. The van der Waals surface area contributed by atoms with Crippen molar-refractivity contribution in [1.29, 1.82) is 0 Å². The lowest BCUT2D eigenvalue weighted by Gasteiger charge is -2.19. The lowest BCUT2D eigenvalue weighted by Crippen LogP contribution is -2.12. The van der Waals surface area contributed by atoms with Crippen LogP contribution in [0.1, 0.15) is 27.0 Å². The molecule has 0 saturated heterocycles. The van der Waals surface area contributed by atoms with Gasteiger partial charge in [-0.1, -0.05) is 11.6 Å². The molecule has 2 rings (SSSR count). The number of nitrogens with zero attached hydrogens (tertiary/aromatic N) is 1. The van der Waals surface area contributed by atoms with Crippen molar-refractivity contribution in [3.8, 4) is 23.1 Å². The van der Waals surface area contributed by atoms with Crippen molar-refractivity contribution in [2.24, 2.45) is 0 Å². The molecule has 2 aromatic rings. The van der Waals surface area contributed by atoms with Crippen LogP contribution in [0.25, 0.3) is 0 Å². The zero-order chi connectivity index (χ0) is 18.7. The minimum absolute atomic E-state index is 0.197. The largest absolute Gasteiger partial charge is 0.493 e. The van der Waals surface area contributed by atoms with Crippen LogP contribution in [0.2, 0.25) is 5.02 Å². The van der Waals surface area contributed by atoms with Crippen molar-refractivity contribution in [3.63, 3.8) is 0 Å². The summed E-state index contributed by atoms with van der Waals surface area (Å²) in [6.45, 7) is 3.53. The molecule has 25 heavy (non-hydrogen) atoms. The van der Waals surface area contributed by atoms with Crippen molar-refractivity contribution in [3.05, 3.63) is 39.5 Å². The molecule has 0 saturated carbocycles. The van der Waals surface area contributed by atoms with Gasteiger partial charge in [-0.3, -0.25) is 4.79 Å². The van der Waals surface area contributed by atoms with Gasteiger partial charge in [0.05, 0.1) is 44.6 Å². The van der Waals surface area contributed by atoms with Crippen molar-refractivity contribution in [2.75, 3.05) is 28.4 Å². The molecule has 1 aromatic heterocycles. The normalized spacial score (nSPS) is 10.4. The van der Waals surface area contributed by atoms with E-state index in [1.54, 1.807) is 19.9 Å². The summed E-state index contributed by atoms with van der Waals surface area (Å²) in [5.74, 6) is 0.973. The van der Waals surface area contributed by atoms with E-state index >= 15 is 0 Å². The number of aromatic nitrogens is 1. The van der Waals surface area contributed by atoms with Gasteiger partial charge >= 0.3 is 0 Å². The van der Waals surface area contributed by atoms with Gasteiger partial charge in [-0.2, -0.15) is 0 Å². The molecule has 134 valence electrons. The number of ether oxygens (including phenoxy) is 4. The standard InChI is InChI=1S/C18H20ClNO5/c1-9-7-12(22-3)16(23-4)17(24-5)13(9)15(21)14-10(2)11(19)8-20-18(14)25-6/h7-8H,1-6H3. The summed E-state index contributed by atoms with van der Waals surface area (Å²) < 4.78 is 21.4. The number of carbonyl (C=O) groups excluding carboxylic acids is 1. The zero-order valence-corrected chi connectivity index (χ0v) is 15.8. The summed E-state index contributed by atoms with van der Waals surface area (Å²) in [4.78, 5) is 17.4. The van der Waals surface area contributed by atoms with Crippen molar-refractivity contribution >= 4 is 17.4 Å². The molecule has 1 aromatic carbocycles. The van der Waals surface area contributed by atoms with Crippen LogP contribution in [-0.4, -0.2) is 39.2 Å². The minimum atomic E-state index is -0.320. The number of halogens is 1. The smallest absolute Gasteiger partial charge is 0.224 e. The maximum absolute atomic E-state index is 13.3. The highest BCUT2D eigenvalue weighted by Crippen LogP contribution is 2.43. The first-order chi connectivity index (χ1) is 11.9. The maximum Gasteiger partial charge on any atom is 0.224 e. The number of ketones is 1. The Labute approximate surface area is 151 Å². The van der Waals surface area contributed by atoms with E-state index in [0.29, 0.717) is 33.2 Å². The Balaban J connectivity index is 2.79. The lowest BCUT2D eigenvalue weighted by molar-refractivity contribution is 0.103. The Morgan fingerprint density at radius 3 is 2.12 bits per heavy atom. The van der Waals surface area contributed by atoms with E-state index in [1.165, 1.54) is 34.6 Å². The number of benzene rings is 1. The van der Waals surface area contributed by atoms with E-state index in [0.717, 1.165) is 0 Å². The average molecular weight is 366 g/mol. The second-order valence-corrected chi connectivity index (χ2v) is 5.69. The molecule has 0 aliphatic heterocycles. The first-order valence-corrected chi connectivity index (χ1v) is 7.82. The van der Waals surface area contributed by atoms with Crippen LogP contribution in [0.4, 0.5) is 0 Å². The maximum atomic E-state index is 13.3. The second kappa shape index (κ2) is 7.61. The molecule has 0 aliphatic carbocycles. The van der Waals surface area contributed by atoms with Gasteiger partial charge in [-0.25, -0.2) is 4.98 Å². The van der Waals surface area contributed by atoms with E-state index in [9.17, 15) is 4.79 Å². The van der Waals surface area contributed by atoms with Crippen molar-refractivity contribution in [1.82, 2.24) is 4.98 Å². The molecule has 7 heteroatoms. The number of carbonyl (C=O) groups is 1. The fraction of sp³-hybridized carbons (Fsp3) is 0.333. The molecule has 0 radical (unpaired) electrons. The Hall–Kier alpha value is -2.47. The van der Waals surface area contributed by atoms with Gasteiger partial charge in [-0.05, 0) is 31.0 Å². The van der Waals surface area contributed by atoms with Gasteiger partial charge in [0.2, 0.25) is 17.4 Å². The van der Waals surface area contributed by atoms with Crippen LogP contribution in [-0.2, 0) is 0 Å². The molecule has 0 unspecified atom stereocenters. The lowest BCUT2D eigenvalue weighted by atomic mass is 9.95. The minimum Gasteiger partial charge on any atom is -0.493 e. The molecule has 0 spiro atoms. The van der Waals surface area contributed by atoms with Crippen LogP contribution in [0.3, 0.4) is 0 Å². The molecule has 0 amide bonds. The number of aryl methyl sites for hydroxylation is 1. The Morgan fingerprint density at radius 2 is 1.60 bits per heavy atom. The number of methoxy groups -OCH3 is 4. The summed E-state index contributed by atoms with van der Waals surface area (Å²) in [6.07, 6.45) is 1.45. The number of pyridine rings is 1. The zero-order valence-electron chi connectivity index (χ0n) is 15.0.